The predicted molar refractivity (Wildman–Crippen MR) is 49.6 cm³/mol. The fourth-order valence-electron chi connectivity index (χ4n) is 1.19. The minimum Gasteiger partial charge on any atom is -0.336 e. The zero-order valence-electron chi connectivity index (χ0n) is 7.78. The molecule has 0 aromatic heterocycles. The summed E-state index contributed by atoms with van der Waals surface area (Å²) in [6.45, 7) is 0.807. The minimum atomic E-state index is -0.367. The zero-order chi connectivity index (χ0) is 9.84. The first-order valence-electron chi connectivity index (χ1n) is 4.12. The van der Waals surface area contributed by atoms with Gasteiger partial charge in [0.2, 0.25) is 0 Å². The third-order valence-corrected chi connectivity index (χ3v) is 1.68. The van der Waals surface area contributed by atoms with Gasteiger partial charge < -0.3 is 4.90 Å². The molecule has 0 amide bonds. The van der Waals surface area contributed by atoms with Crippen molar-refractivity contribution in [3.63, 3.8) is 0 Å². The molecule has 0 aliphatic heterocycles. The average molecular weight is 181 g/mol. The highest BCUT2D eigenvalue weighted by molar-refractivity contribution is 5.33. The van der Waals surface area contributed by atoms with E-state index in [0.29, 0.717) is 0 Å². The Balaban J connectivity index is 2.85. The lowest BCUT2D eigenvalue weighted by molar-refractivity contribution is -0.872. The Morgan fingerprint density at radius 1 is 1.46 bits per heavy atom. The van der Waals surface area contributed by atoms with Gasteiger partial charge in [0.25, 0.3) is 5.69 Å². The van der Waals surface area contributed by atoms with Gasteiger partial charge in [0.15, 0.2) is 0 Å². The number of quaternary nitrogens is 1. The molecule has 0 bridgehead atoms. The molecule has 0 spiro atoms. The molecule has 0 radical (unpaired) electrons. The van der Waals surface area contributed by atoms with Gasteiger partial charge in [-0.05, 0) is 0 Å². The van der Waals surface area contributed by atoms with E-state index in [-0.39, 0.29) is 10.6 Å². The highest BCUT2D eigenvalue weighted by Crippen LogP contribution is 2.11. The van der Waals surface area contributed by atoms with Crippen molar-refractivity contribution in [1.82, 2.24) is 0 Å². The molecule has 4 heteroatoms. The van der Waals surface area contributed by atoms with Crippen molar-refractivity contribution in [3.05, 3.63) is 39.9 Å². The molecule has 4 nitrogen and oxygen atoms in total. The molecule has 0 saturated carbocycles. The molecule has 1 aromatic carbocycles. The SMILES string of the molecule is C[NH+](C)Cc1cccc([N+](=O)[O-])c1. The van der Waals surface area contributed by atoms with E-state index < -0.39 is 0 Å². The fraction of sp³-hybridized carbons (Fsp3) is 0.333. The van der Waals surface area contributed by atoms with Crippen molar-refractivity contribution in [2.24, 2.45) is 0 Å². The number of nitro groups is 1. The van der Waals surface area contributed by atoms with Crippen molar-refractivity contribution in [2.75, 3.05) is 14.1 Å². The molecule has 0 aliphatic rings. The quantitative estimate of drug-likeness (QED) is 0.536. The van der Waals surface area contributed by atoms with Crippen LogP contribution < -0.4 is 4.90 Å². The highest BCUT2D eigenvalue weighted by atomic mass is 16.6. The Bertz CT molecular complexity index is 310. The van der Waals surface area contributed by atoms with Crippen LogP contribution in [0, 0.1) is 10.1 Å². The van der Waals surface area contributed by atoms with Gasteiger partial charge in [-0.1, -0.05) is 12.1 Å². The van der Waals surface area contributed by atoms with E-state index >= 15 is 0 Å². The van der Waals surface area contributed by atoms with Crippen LogP contribution in [-0.4, -0.2) is 19.0 Å². The Hall–Kier alpha value is -1.42. The third kappa shape index (κ3) is 2.83. The molecule has 70 valence electrons. The van der Waals surface area contributed by atoms with Crippen LogP contribution in [-0.2, 0) is 6.54 Å². The van der Waals surface area contributed by atoms with Gasteiger partial charge in [0.05, 0.1) is 19.0 Å². The second-order valence-corrected chi connectivity index (χ2v) is 3.31. The Morgan fingerprint density at radius 3 is 2.69 bits per heavy atom. The standard InChI is InChI=1S/C9H12N2O2/c1-10(2)7-8-4-3-5-9(6-8)11(12)13/h3-6H,7H2,1-2H3/p+1. The number of hydrogen-bond donors (Lipinski definition) is 1. The number of non-ortho nitro benzene ring substituents is 1. The molecule has 1 N–H and O–H groups in total. The fourth-order valence-corrected chi connectivity index (χ4v) is 1.19. The number of rotatable bonds is 3. The van der Waals surface area contributed by atoms with E-state index in [1.165, 1.54) is 11.0 Å². The Labute approximate surface area is 76.9 Å². The maximum Gasteiger partial charge on any atom is 0.269 e. The van der Waals surface area contributed by atoms with Crippen LogP contribution in [0.2, 0.25) is 0 Å². The van der Waals surface area contributed by atoms with Gasteiger partial charge in [-0.25, -0.2) is 0 Å². The van der Waals surface area contributed by atoms with Gasteiger partial charge in [-0.2, -0.15) is 0 Å². The number of nitrogens with one attached hydrogen (secondary N) is 1. The van der Waals surface area contributed by atoms with Gasteiger partial charge >= 0.3 is 0 Å². The van der Waals surface area contributed by atoms with Crippen LogP contribution in [0.4, 0.5) is 5.69 Å². The summed E-state index contributed by atoms with van der Waals surface area (Å²) < 4.78 is 0. The summed E-state index contributed by atoms with van der Waals surface area (Å²) in [6.07, 6.45) is 0. The monoisotopic (exact) mass is 181 g/mol. The van der Waals surface area contributed by atoms with Crippen molar-refractivity contribution < 1.29 is 9.82 Å². The Kier molecular flexibility index (Phi) is 2.97. The first-order chi connectivity index (χ1) is 6.09. The average Bonchev–Trinajstić information content (AvgIpc) is 2.03. The summed E-state index contributed by atoms with van der Waals surface area (Å²) >= 11 is 0. The van der Waals surface area contributed by atoms with E-state index in [1.54, 1.807) is 12.1 Å². The lowest BCUT2D eigenvalue weighted by atomic mass is 10.2. The summed E-state index contributed by atoms with van der Waals surface area (Å²) in [5.74, 6) is 0. The summed E-state index contributed by atoms with van der Waals surface area (Å²) in [5, 5.41) is 10.4. The van der Waals surface area contributed by atoms with E-state index in [0.717, 1.165) is 12.1 Å². The molecular formula is C9H13N2O2+. The smallest absolute Gasteiger partial charge is 0.269 e. The number of benzene rings is 1. The number of nitrogens with zero attached hydrogens (tertiary/aromatic N) is 1. The zero-order valence-corrected chi connectivity index (χ0v) is 7.78. The lowest BCUT2D eigenvalue weighted by Crippen LogP contribution is -3.04. The van der Waals surface area contributed by atoms with E-state index in [1.807, 2.05) is 20.2 Å². The summed E-state index contributed by atoms with van der Waals surface area (Å²) in [4.78, 5) is 11.3. The maximum absolute atomic E-state index is 10.4. The summed E-state index contributed by atoms with van der Waals surface area (Å²) in [6, 6.07) is 6.75. The van der Waals surface area contributed by atoms with Crippen molar-refractivity contribution in [2.45, 2.75) is 6.54 Å². The van der Waals surface area contributed by atoms with E-state index in [9.17, 15) is 10.1 Å². The molecule has 0 atom stereocenters. The molecule has 0 saturated heterocycles. The van der Waals surface area contributed by atoms with Crippen LogP contribution in [0.1, 0.15) is 5.56 Å². The normalized spacial score (nSPS) is 10.4. The van der Waals surface area contributed by atoms with Gasteiger partial charge in [0, 0.05) is 17.7 Å². The van der Waals surface area contributed by atoms with Crippen LogP contribution in [0.25, 0.3) is 0 Å². The van der Waals surface area contributed by atoms with Crippen LogP contribution >= 0.6 is 0 Å². The first-order valence-corrected chi connectivity index (χ1v) is 4.12. The van der Waals surface area contributed by atoms with Crippen LogP contribution in [0.5, 0.6) is 0 Å². The molecule has 0 aliphatic carbocycles. The highest BCUT2D eigenvalue weighted by Gasteiger charge is 2.06. The van der Waals surface area contributed by atoms with Gasteiger partial charge in [-0.3, -0.25) is 10.1 Å². The molecule has 13 heavy (non-hydrogen) atoms. The predicted octanol–water partition coefficient (Wildman–Crippen LogP) is 0.239. The van der Waals surface area contributed by atoms with E-state index in [2.05, 4.69) is 0 Å². The summed E-state index contributed by atoms with van der Waals surface area (Å²) in [5.41, 5.74) is 1.16. The van der Waals surface area contributed by atoms with E-state index in [4.69, 9.17) is 0 Å². The minimum absolute atomic E-state index is 0.166. The largest absolute Gasteiger partial charge is 0.336 e. The van der Waals surface area contributed by atoms with Crippen LogP contribution in [0.15, 0.2) is 24.3 Å². The number of hydrogen-bond acceptors (Lipinski definition) is 2. The Morgan fingerprint density at radius 2 is 2.15 bits per heavy atom. The van der Waals surface area contributed by atoms with Gasteiger partial charge in [0.1, 0.15) is 6.54 Å². The molecular weight excluding hydrogens is 168 g/mol. The molecule has 1 rings (SSSR count). The molecule has 1 aromatic rings. The molecule has 0 fully saturated rings. The first kappa shape index (κ1) is 9.67. The molecule has 0 unspecified atom stereocenters. The second kappa shape index (κ2) is 4.00. The second-order valence-electron chi connectivity index (χ2n) is 3.31. The summed E-state index contributed by atoms with van der Waals surface area (Å²) in [7, 11) is 4.03. The lowest BCUT2D eigenvalue weighted by Gasteiger charge is -2.06. The topological polar surface area (TPSA) is 47.6 Å². The van der Waals surface area contributed by atoms with Gasteiger partial charge in [-0.15, -0.1) is 0 Å². The molecule has 0 heterocycles. The van der Waals surface area contributed by atoms with Crippen molar-refractivity contribution in [1.29, 1.82) is 0 Å². The maximum atomic E-state index is 10.4. The van der Waals surface area contributed by atoms with Crippen molar-refractivity contribution >= 4 is 5.69 Å². The number of nitro benzene ring substituents is 1. The third-order valence-electron chi connectivity index (χ3n) is 1.68. The van der Waals surface area contributed by atoms with Crippen molar-refractivity contribution in [3.8, 4) is 0 Å². The van der Waals surface area contributed by atoms with Crippen LogP contribution in [0.3, 0.4) is 0 Å².